The number of hydrogen-bond donors (Lipinski definition) is 1. The van der Waals surface area contributed by atoms with Gasteiger partial charge in [0.25, 0.3) is 0 Å². The lowest BCUT2D eigenvalue weighted by Gasteiger charge is -2.11. The summed E-state index contributed by atoms with van der Waals surface area (Å²) in [6, 6.07) is 7.09. The fourth-order valence-electron chi connectivity index (χ4n) is 1.75. The number of nitrogens with one attached hydrogen (secondary N) is 1. The van der Waals surface area contributed by atoms with Gasteiger partial charge in [0, 0.05) is 10.6 Å². The van der Waals surface area contributed by atoms with E-state index in [0.717, 1.165) is 5.56 Å². The molecule has 0 bridgehead atoms. The predicted molar refractivity (Wildman–Crippen MR) is 86.8 cm³/mol. The second kappa shape index (κ2) is 8.45. The highest BCUT2D eigenvalue weighted by Crippen LogP contribution is 2.18. The number of hydrogen-bond acceptors (Lipinski definition) is 5. The molecule has 1 heterocycles. The molecule has 0 aliphatic rings. The van der Waals surface area contributed by atoms with Crippen LogP contribution in [0.4, 0.5) is 0 Å². The fourth-order valence-corrected chi connectivity index (χ4v) is 1.88. The van der Waals surface area contributed by atoms with E-state index in [-0.39, 0.29) is 12.5 Å². The smallest absolute Gasteiger partial charge is 0.249 e. The first-order chi connectivity index (χ1) is 11.1. The van der Waals surface area contributed by atoms with Gasteiger partial charge < -0.3 is 14.6 Å². The highest BCUT2D eigenvalue weighted by atomic mass is 35.5. The number of halogens is 1. The van der Waals surface area contributed by atoms with Gasteiger partial charge in [-0.3, -0.25) is 4.79 Å². The Kier molecular flexibility index (Phi) is 6.31. The van der Waals surface area contributed by atoms with Gasteiger partial charge >= 0.3 is 0 Å². The highest BCUT2D eigenvalue weighted by molar-refractivity contribution is 6.30. The van der Waals surface area contributed by atoms with E-state index in [4.69, 9.17) is 20.9 Å². The molecule has 6 nitrogen and oxygen atoms in total. The van der Waals surface area contributed by atoms with E-state index in [9.17, 15) is 4.79 Å². The van der Waals surface area contributed by atoms with Crippen molar-refractivity contribution in [2.45, 2.75) is 26.0 Å². The second-order valence-electron chi connectivity index (χ2n) is 4.83. The first-order valence-electron chi connectivity index (χ1n) is 7.19. The minimum Gasteiger partial charge on any atom is -0.368 e. The number of carbonyl (C=O) groups is 1. The fraction of sp³-hybridized carbons (Fsp3) is 0.312. The Bertz CT molecular complexity index is 655. The van der Waals surface area contributed by atoms with E-state index >= 15 is 0 Å². The highest BCUT2D eigenvalue weighted by Gasteiger charge is 2.14. The third kappa shape index (κ3) is 5.19. The van der Waals surface area contributed by atoms with Crippen LogP contribution in [-0.2, 0) is 16.1 Å². The molecule has 0 saturated heterocycles. The number of carbonyl (C=O) groups excluding carboxylic acids is 1. The van der Waals surface area contributed by atoms with Gasteiger partial charge in [-0.15, -0.1) is 6.58 Å². The minimum atomic E-state index is -0.548. The summed E-state index contributed by atoms with van der Waals surface area (Å²) < 4.78 is 10.5. The molecule has 0 unspecified atom stereocenters. The molecule has 0 radical (unpaired) electrons. The van der Waals surface area contributed by atoms with Crippen LogP contribution < -0.4 is 5.32 Å². The van der Waals surface area contributed by atoms with Gasteiger partial charge in [-0.05, 0) is 37.6 Å². The Labute approximate surface area is 139 Å². The van der Waals surface area contributed by atoms with Crippen molar-refractivity contribution < 1.29 is 14.1 Å². The van der Waals surface area contributed by atoms with Crippen LogP contribution in [0.15, 0.2) is 41.4 Å². The van der Waals surface area contributed by atoms with Crippen molar-refractivity contribution in [3.63, 3.8) is 0 Å². The monoisotopic (exact) mass is 335 g/mol. The number of benzene rings is 1. The Morgan fingerprint density at radius 3 is 2.91 bits per heavy atom. The summed E-state index contributed by atoms with van der Waals surface area (Å²) in [5, 5.41) is 7.20. The third-order valence-corrected chi connectivity index (χ3v) is 3.30. The third-order valence-electron chi connectivity index (χ3n) is 3.04. The number of ether oxygens (including phenoxy) is 1. The van der Waals surface area contributed by atoms with Crippen LogP contribution in [0.2, 0.25) is 5.02 Å². The van der Waals surface area contributed by atoms with Crippen LogP contribution in [0.25, 0.3) is 11.4 Å². The van der Waals surface area contributed by atoms with Gasteiger partial charge in [0.1, 0.15) is 6.10 Å². The topological polar surface area (TPSA) is 77.2 Å². The molecular formula is C16H18ClN3O3. The largest absolute Gasteiger partial charge is 0.368 e. The zero-order chi connectivity index (χ0) is 16.7. The van der Waals surface area contributed by atoms with Gasteiger partial charge in [-0.2, -0.15) is 4.98 Å². The van der Waals surface area contributed by atoms with Crippen molar-refractivity contribution in [3.8, 4) is 11.4 Å². The summed E-state index contributed by atoms with van der Waals surface area (Å²) in [5.41, 5.74) is 0.789. The van der Waals surface area contributed by atoms with Gasteiger partial charge in [0.15, 0.2) is 0 Å². The quantitative estimate of drug-likeness (QED) is 0.592. The number of amides is 1. The normalized spacial score (nSPS) is 11.9. The first kappa shape index (κ1) is 17.2. The van der Waals surface area contributed by atoms with E-state index in [2.05, 4.69) is 22.0 Å². The van der Waals surface area contributed by atoms with Crippen molar-refractivity contribution >= 4 is 17.5 Å². The van der Waals surface area contributed by atoms with Crippen LogP contribution in [0.5, 0.6) is 0 Å². The van der Waals surface area contributed by atoms with Gasteiger partial charge in [0.05, 0.1) is 13.2 Å². The van der Waals surface area contributed by atoms with E-state index in [0.29, 0.717) is 29.8 Å². The summed E-state index contributed by atoms with van der Waals surface area (Å²) in [6.07, 6.45) is 1.89. The first-order valence-corrected chi connectivity index (χ1v) is 7.56. The lowest BCUT2D eigenvalue weighted by atomic mass is 10.2. The molecule has 1 atom stereocenters. The van der Waals surface area contributed by atoms with Crippen molar-refractivity contribution in [1.82, 2.24) is 15.5 Å². The Hall–Kier alpha value is -2.18. The molecule has 0 spiro atoms. The molecule has 1 aromatic carbocycles. The second-order valence-corrected chi connectivity index (χ2v) is 5.26. The Morgan fingerprint density at radius 1 is 1.48 bits per heavy atom. The van der Waals surface area contributed by atoms with Crippen LogP contribution in [0.1, 0.15) is 19.2 Å². The number of aromatic nitrogens is 2. The van der Waals surface area contributed by atoms with Crippen LogP contribution in [0.3, 0.4) is 0 Å². The predicted octanol–water partition coefficient (Wildman–Crippen LogP) is 2.99. The molecule has 1 aromatic heterocycles. The molecule has 0 saturated carbocycles. The summed E-state index contributed by atoms with van der Waals surface area (Å²) in [4.78, 5) is 16.1. The van der Waals surface area contributed by atoms with Crippen molar-refractivity contribution in [3.05, 3.63) is 47.8 Å². The van der Waals surface area contributed by atoms with Crippen LogP contribution in [0, 0.1) is 0 Å². The number of nitrogens with zero attached hydrogens (tertiary/aromatic N) is 2. The molecule has 7 heteroatoms. The minimum absolute atomic E-state index is 0.147. The summed E-state index contributed by atoms with van der Waals surface area (Å²) in [7, 11) is 0. The Morgan fingerprint density at radius 2 is 2.22 bits per heavy atom. The molecule has 1 N–H and O–H groups in total. The number of rotatable bonds is 8. The molecule has 122 valence electrons. The molecule has 2 rings (SSSR count). The standard InChI is InChI=1S/C16H18ClN3O3/c1-3-4-9-22-11(2)16(21)18-10-14-19-15(20-23-14)12-5-7-13(17)8-6-12/h3,5-8,11H,1,4,9-10H2,2H3,(H,18,21)/t11-/m1/s1. The van der Waals surface area contributed by atoms with Crippen molar-refractivity contribution in [2.24, 2.45) is 0 Å². The summed E-state index contributed by atoms with van der Waals surface area (Å²) in [5.74, 6) is 0.531. The maximum Gasteiger partial charge on any atom is 0.249 e. The van der Waals surface area contributed by atoms with E-state index in [1.807, 2.05) is 0 Å². The zero-order valence-electron chi connectivity index (χ0n) is 12.8. The maximum absolute atomic E-state index is 11.9. The Balaban J connectivity index is 1.86. The molecule has 1 amide bonds. The zero-order valence-corrected chi connectivity index (χ0v) is 13.5. The molecule has 0 aliphatic carbocycles. The average Bonchev–Trinajstić information content (AvgIpc) is 3.02. The molecule has 23 heavy (non-hydrogen) atoms. The van der Waals surface area contributed by atoms with Crippen LogP contribution in [-0.4, -0.2) is 28.8 Å². The van der Waals surface area contributed by atoms with Gasteiger partial charge in [-0.1, -0.05) is 22.8 Å². The maximum atomic E-state index is 11.9. The van der Waals surface area contributed by atoms with Crippen molar-refractivity contribution in [1.29, 1.82) is 0 Å². The summed E-state index contributed by atoms with van der Waals surface area (Å²) >= 11 is 5.83. The lowest BCUT2D eigenvalue weighted by Crippen LogP contribution is -2.34. The van der Waals surface area contributed by atoms with E-state index < -0.39 is 6.10 Å². The van der Waals surface area contributed by atoms with E-state index in [1.54, 1.807) is 37.3 Å². The average molecular weight is 336 g/mol. The summed E-state index contributed by atoms with van der Waals surface area (Å²) in [6.45, 7) is 5.89. The molecular weight excluding hydrogens is 318 g/mol. The molecule has 2 aromatic rings. The van der Waals surface area contributed by atoms with Crippen LogP contribution >= 0.6 is 11.6 Å². The SMILES string of the molecule is C=CCCO[C@H](C)C(=O)NCc1nc(-c2ccc(Cl)cc2)no1. The van der Waals surface area contributed by atoms with Gasteiger partial charge in [-0.25, -0.2) is 0 Å². The van der Waals surface area contributed by atoms with Gasteiger partial charge in [0.2, 0.25) is 17.6 Å². The molecule has 0 aliphatic heterocycles. The lowest BCUT2D eigenvalue weighted by molar-refractivity contribution is -0.131. The van der Waals surface area contributed by atoms with E-state index in [1.165, 1.54) is 0 Å². The molecule has 0 fully saturated rings. The van der Waals surface area contributed by atoms with Crippen molar-refractivity contribution in [2.75, 3.05) is 6.61 Å².